The molecule has 1 unspecified atom stereocenters. The molecule has 86 valence electrons. The summed E-state index contributed by atoms with van der Waals surface area (Å²) in [6.07, 6.45) is 2.22. The SMILES string of the molecule is C=C(F)C(=O)NN1CCCC(C(C)C)C1. The largest absolute Gasteiger partial charge is 0.293 e. The fourth-order valence-corrected chi connectivity index (χ4v) is 1.86. The number of rotatable bonds is 3. The minimum absolute atomic E-state index is 0.576. The van der Waals surface area contributed by atoms with Gasteiger partial charge in [-0.25, -0.2) is 9.40 Å². The van der Waals surface area contributed by atoms with Crippen LogP contribution in [0.15, 0.2) is 12.4 Å². The summed E-state index contributed by atoms with van der Waals surface area (Å²) in [5.74, 6) is -0.480. The smallest absolute Gasteiger partial charge is 0.283 e. The molecule has 1 aliphatic heterocycles. The summed E-state index contributed by atoms with van der Waals surface area (Å²) < 4.78 is 12.5. The quantitative estimate of drug-likeness (QED) is 0.727. The number of halogens is 1. The first-order chi connectivity index (χ1) is 7.00. The Kier molecular flexibility index (Phi) is 4.27. The highest BCUT2D eigenvalue weighted by molar-refractivity contribution is 5.90. The van der Waals surface area contributed by atoms with Crippen LogP contribution in [-0.4, -0.2) is 24.0 Å². The number of nitrogens with zero attached hydrogens (tertiary/aromatic N) is 1. The molecule has 1 heterocycles. The van der Waals surface area contributed by atoms with Crippen molar-refractivity contribution in [2.75, 3.05) is 13.1 Å². The average molecular weight is 214 g/mol. The topological polar surface area (TPSA) is 32.3 Å². The van der Waals surface area contributed by atoms with Crippen molar-refractivity contribution in [1.29, 1.82) is 0 Å². The van der Waals surface area contributed by atoms with Gasteiger partial charge in [0.1, 0.15) is 0 Å². The Bertz CT molecular complexity index is 253. The maximum atomic E-state index is 12.5. The molecule has 1 atom stereocenters. The van der Waals surface area contributed by atoms with E-state index in [-0.39, 0.29) is 0 Å². The van der Waals surface area contributed by atoms with Crippen molar-refractivity contribution in [1.82, 2.24) is 10.4 Å². The zero-order valence-corrected chi connectivity index (χ0v) is 9.42. The highest BCUT2D eigenvalue weighted by Crippen LogP contribution is 2.22. The predicted octanol–water partition coefficient (Wildman–Crippen LogP) is 1.87. The minimum atomic E-state index is -0.929. The molecule has 0 aliphatic carbocycles. The number of hydrogen-bond acceptors (Lipinski definition) is 2. The van der Waals surface area contributed by atoms with E-state index >= 15 is 0 Å². The normalized spacial score (nSPS) is 22.8. The molecule has 4 heteroatoms. The molecule has 1 aliphatic rings. The second kappa shape index (κ2) is 5.26. The van der Waals surface area contributed by atoms with Crippen LogP contribution < -0.4 is 5.43 Å². The van der Waals surface area contributed by atoms with E-state index in [0.29, 0.717) is 11.8 Å². The van der Waals surface area contributed by atoms with Gasteiger partial charge in [0.15, 0.2) is 5.83 Å². The number of hydrazine groups is 1. The zero-order chi connectivity index (χ0) is 11.4. The summed E-state index contributed by atoms with van der Waals surface area (Å²) in [4.78, 5) is 11.1. The molecule has 0 aromatic rings. The zero-order valence-electron chi connectivity index (χ0n) is 9.42. The summed E-state index contributed by atoms with van der Waals surface area (Å²) in [6.45, 7) is 8.91. The Morgan fingerprint density at radius 3 is 2.80 bits per heavy atom. The van der Waals surface area contributed by atoms with E-state index in [1.165, 1.54) is 6.42 Å². The lowest BCUT2D eigenvalue weighted by molar-refractivity contribution is -0.124. The highest BCUT2D eigenvalue weighted by Gasteiger charge is 2.23. The van der Waals surface area contributed by atoms with E-state index < -0.39 is 11.7 Å². The molecular formula is C11H19FN2O. The average Bonchev–Trinajstić information content (AvgIpc) is 2.18. The van der Waals surface area contributed by atoms with Crippen LogP contribution in [0.5, 0.6) is 0 Å². The van der Waals surface area contributed by atoms with E-state index in [9.17, 15) is 9.18 Å². The van der Waals surface area contributed by atoms with E-state index in [1.807, 2.05) is 0 Å². The first-order valence-corrected chi connectivity index (χ1v) is 5.41. The summed E-state index contributed by atoms with van der Waals surface area (Å²) >= 11 is 0. The molecule has 1 N–H and O–H groups in total. The maximum absolute atomic E-state index is 12.5. The number of nitrogens with one attached hydrogen (secondary N) is 1. The molecule has 1 rings (SSSR count). The lowest BCUT2D eigenvalue weighted by Gasteiger charge is -2.34. The molecule has 1 saturated heterocycles. The Morgan fingerprint density at radius 1 is 1.60 bits per heavy atom. The monoisotopic (exact) mass is 214 g/mol. The van der Waals surface area contributed by atoms with Gasteiger partial charge in [-0.05, 0) is 24.7 Å². The maximum Gasteiger partial charge on any atom is 0.293 e. The van der Waals surface area contributed by atoms with Crippen LogP contribution in [0.3, 0.4) is 0 Å². The van der Waals surface area contributed by atoms with Crippen molar-refractivity contribution < 1.29 is 9.18 Å². The number of carbonyl (C=O) groups excluding carboxylic acids is 1. The molecule has 0 bridgehead atoms. The highest BCUT2D eigenvalue weighted by atomic mass is 19.1. The second-order valence-corrected chi connectivity index (χ2v) is 4.44. The summed E-state index contributed by atoms with van der Waals surface area (Å²) in [5, 5.41) is 1.79. The summed E-state index contributed by atoms with van der Waals surface area (Å²) in [5.41, 5.74) is 2.52. The van der Waals surface area contributed by atoms with E-state index in [2.05, 4.69) is 25.9 Å². The van der Waals surface area contributed by atoms with Gasteiger partial charge in [0.05, 0.1) is 0 Å². The third kappa shape index (κ3) is 3.63. The van der Waals surface area contributed by atoms with Crippen molar-refractivity contribution >= 4 is 5.91 Å². The number of amides is 1. The minimum Gasteiger partial charge on any atom is -0.283 e. The van der Waals surface area contributed by atoms with Crippen molar-refractivity contribution in [2.24, 2.45) is 11.8 Å². The third-order valence-corrected chi connectivity index (χ3v) is 2.91. The van der Waals surface area contributed by atoms with Crippen LogP contribution in [0.2, 0.25) is 0 Å². The van der Waals surface area contributed by atoms with Crippen molar-refractivity contribution in [3.63, 3.8) is 0 Å². The van der Waals surface area contributed by atoms with E-state index in [4.69, 9.17) is 0 Å². The van der Waals surface area contributed by atoms with Crippen molar-refractivity contribution in [3.05, 3.63) is 12.4 Å². The van der Waals surface area contributed by atoms with Crippen molar-refractivity contribution in [2.45, 2.75) is 26.7 Å². The lowest BCUT2D eigenvalue weighted by Crippen LogP contribution is -2.48. The van der Waals surface area contributed by atoms with Gasteiger partial charge in [-0.1, -0.05) is 20.4 Å². The van der Waals surface area contributed by atoms with Gasteiger partial charge in [0, 0.05) is 13.1 Å². The van der Waals surface area contributed by atoms with Crippen LogP contribution in [0, 0.1) is 11.8 Å². The van der Waals surface area contributed by atoms with Crippen LogP contribution in [0.1, 0.15) is 26.7 Å². The van der Waals surface area contributed by atoms with E-state index in [1.54, 1.807) is 5.01 Å². The fourth-order valence-electron chi connectivity index (χ4n) is 1.86. The van der Waals surface area contributed by atoms with Gasteiger partial charge < -0.3 is 0 Å². The fraction of sp³-hybridized carbons (Fsp3) is 0.727. The molecule has 1 amide bonds. The molecule has 0 radical (unpaired) electrons. The van der Waals surface area contributed by atoms with Gasteiger partial charge in [0.2, 0.25) is 0 Å². The van der Waals surface area contributed by atoms with Gasteiger partial charge in [-0.15, -0.1) is 0 Å². The molecular weight excluding hydrogens is 195 g/mol. The van der Waals surface area contributed by atoms with Gasteiger partial charge in [0.25, 0.3) is 5.91 Å². The molecule has 1 fully saturated rings. The molecule has 0 aromatic heterocycles. The molecule has 15 heavy (non-hydrogen) atoms. The molecule has 0 aromatic carbocycles. The van der Waals surface area contributed by atoms with E-state index in [0.717, 1.165) is 19.5 Å². The molecule has 0 spiro atoms. The number of piperidine rings is 1. The van der Waals surface area contributed by atoms with Crippen LogP contribution >= 0.6 is 0 Å². The lowest BCUT2D eigenvalue weighted by atomic mass is 9.88. The predicted molar refractivity (Wildman–Crippen MR) is 57.5 cm³/mol. The Balaban J connectivity index is 2.43. The first kappa shape index (κ1) is 12.2. The Labute approximate surface area is 90.3 Å². The van der Waals surface area contributed by atoms with Gasteiger partial charge in [-0.2, -0.15) is 0 Å². The van der Waals surface area contributed by atoms with Crippen molar-refractivity contribution in [3.8, 4) is 0 Å². The number of carbonyl (C=O) groups is 1. The Morgan fingerprint density at radius 2 is 2.27 bits per heavy atom. The van der Waals surface area contributed by atoms with Crippen LogP contribution in [0.25, 0.3) is 0 Å². The summed E-state index contributed by atoms with van der Waals surface area (Å²) in [6, 6.07) is 0. The molecule has 3 nitrogen and oxygen atoms in total. The van der Waals surface area contributed by atoms with Crippen LogP contribution in [-0.2, 0) is 4.79 Å². The van der Waals surface area contributed by atoms with Crippen LogP contribution in [0.4, 0.5) is 4.39 Å². The number of hydrogen-bond donors (Lipinski definition) is 1. The summed E-state index contributed by atoms with van der Waals surface area (Å²) in [7, 11) is 0. The first-order valence-electron chi connectivity index (χ1n) is 5.41. The van der Waals surface area contributed by atoms with Gasteiger partial charge >= 0.3 is 0 Å². The second-order valence-electron chi connectivity index (χ2n) is 4.44. The van der Waals surface area contributed by atoms with Gasteiger partial charge in [-0.3, -0.25) is 10.2 Å². The standard InChI is InChI=1S/C11H19FN2O/c1-8(2)10-5-4-6-14(7-10)13-11(15)9(3)12/h8,10H,3-7H2,1-2H3,(H,13,15). The molecule has 0 saturated carbocycles. The Hall–Kier alpha value is -0.900. The third-order valence-electron chi connectivity index (χ3n) is 2.91.